The van der Waals surface area contributed by atoms with Gasteiger partial charge in [0.15, 0.2) is 37.9 Å². The molecule has 0 unspecified atom stereocenters. The Morgan fingerprint density at radius 3 is 1.16 bits per heavy atom. The summed E-state index contributed by atoms with van der Waals surface area (Å²) in [4.78, 5) is 52.0. The Bertz CT molecular complexity index is 2070. The molecular formula is C46H58N6O6+2. The van der Waals surface area contributed by atoms with Crippen LogP contribution in [-0.4, -0.2) is 47.3 Å². The summed E-state index contributed by atoms with van der Waals surface area (Å²) in [6.07, 6.45) is 6.43. The molecule has 0 aliphatic heterocycles. The molecule has 0 fully saturated rings. The Balaban J connectivity index is 1.40. The average Bonchev–Trinajstić information content (AvgIpc) is 3.12. The van der Waals surface area contributed by atoms with Crippen molar-refractivity contribution in [3.05, 3.63) is 109 Å². The van der Waals surface area contributed by atoms with Crippen LogP contribution < -0.4 is 30.4 Å². The van der Waals surface area contributed by atoms with E-state index in [2.05, 4.69) is 45.5 Å². The van der Waals surface area contributed by atoms with Crippen LogP contribution in [0, 0.1) is 11.8 Å². The first kappa shape index (κ1) is 43.1. The van der Waals surface area contributed by atoms with Crippen LogP contribution in [0.4, 0.5) is 21.0 Å². The number of ether oxygens (including phenoxy) is 2. The predicted octanol–water partition coefficient (Wildman–Crippen LogP) is 7.64. The molecule has 12 heteroatoms. The van der Waals surface area contributed by atoms with Gasteiger partial charge in [-0.05, 0) is 87.1 Å². The first-order valence-corrected chi connectivity index (χ1v) is 19.8. The van der Waals surface area contributed by atoms with Crippen LogP contribution in [0.15, 0.2) is 97.6 Å². The third-order valence-electron chi connectivity index (χ3n) is 9.33. The zero-order valence-electron chi connectivity index (χ0n) is 35.3. The third kappa shape index (κ3) is 11.5. The fourth-order valence-corrected chi connectivity index (χ4v) is 6.78. The number of alkyl carbamates (subject to hydrolysis) is 2. The highest BCUT2D eigenvalue weighted by Crippen LogP contribution is 2.33. The number of benzene rings is 3. The van der Waals surface area contributed by atoms with Crippen molar-refractivity contribution in [2.24, 2.45) is 11.8 Å². The second-order valence-electron chi connectivity index (χ2n) is 17.3. The molecule has 0 saturated carbocycles. The van der Waals surface area contributed by atoms with E-state index in [-0.39, 0.29) is 23.7 Å². The molecule has 0 aliphatic rings. The maximum absolute atomic E-state index is 13.4. The van der Waals surface area contributed by atoms with E-state index in [1.165, 1.54) is 0 Å². The molecule has 0 aliphatic carbocycles. The van der Waals surface area contributed by atoms with Crippen LogP contribution >= 0.6 is 0 Å². The summed E-state index contributed by atoms with van der Waals surface area (Å²) in [5.41, 5.74) is 2.06. The van der Waals surface area contributed by atoms with Gasteiger partial charge in [-0.15, -0.1) is 0 Å². The number of carbonyl (C=O) groups is 4. The van der Waals surface area contributed by atoms with Gasteiger partial charge >= 0.3 is 12.2 Å². The van der Waals surface area contributed by atoms with Gasteiger partial charge in [-0.1, -0.05) is 76.2 Å². The van der Waals surface area contributed by atoms with Gasteiger partial charge in [-0.3, -0.25) is 9.59 Å². The number of aromatic nitrogens is 2. The molecule has 12 nitrogen and oxygen atoms in total. The molecule has 2 aromatic heterocycles. The highest BCUT2D eigenvalue weighted by Gasteiger charge is 2.29. The van der Waals surface area contributed by atoms with Crippen LogP contribution in [0.3, 0.4) is 0 Å². The molecular weight excluding hydrogens is 733 g/mol. The van der Waals surface area contributed by atoms with Crippen molar-refractivity contribution in [2.75, 3.05) is 10.6 Å². The van der Waals surface area contributed by atoms with Crippen molar-refractivity contribution < 1.29 is 37.8 Å². The van der Waals surface area contributed by atoms with E-state index >= 15 is 0 Å². The molecule has 306 valence electrons. The van der Waals surface area contributed by atoms with Crippen molar-refractivity contribution in [1.82, 2.24) is 10.6 Å². The number of pyridine rings is 2. The monoisotopic (exact) mass is 790 g/mol. The zero-order chi connectivity index (χ0) is 42.4. The second kappa shape index (κ2) is 18.0. The minimum absolute atomic E-state index is 0.177. The summed E-state index contributed by atoms with van der Waals surface area (Å²) in [6, 6.07) is 22.5. The van der Waals surface area contributed by atoms with Gasteiger partial charge in [0.2, 0.25) is 11.8 Å². The average molecular weight is 791 g/mol. The van der Waals surface area contributed by atoms with Crippen molar-refractivity contribution in [3.8, 4) is 0 Å². The summed E-state index contributed by atoms with van der Waals surface area (Å²) >= 11 is 0. The van der Waals surface area contributed by atoms with Crippen molar-refractivity contribution in [1.29, 1.82) is 0 Å². The van der Waals surface area contributed by atoms with E-state index in [0.717, 1.165) is 32.7 Å². The Morgan fingerprint density at radius 1 is 0.534 bits per heavy atom. The number of hydrogen-bond donors (Lipinski definition) is 4. The quantitative estimate of drug-likeness (QED) is 0.0756. The van der Waals surface area contributed by atoms with Gasteiger partial charge in [0.05, 0.1) is 0 Å². The molecule has 2 atom stereocenters. The molecule has 4 amide bonds. The lowest BCUT2D eigenvalue weighted by Gasteiger charge is -2.25. The van der Waals surface area contributed by atoms with Gasteiger partial charge < -0.3 is 30.7 Å². The highest BCUT2D eigenvalue weighted by atomic mass is 16.6. The molecule has 3 aromatic carbocycles. The number of nitrogens with one attached hydrogen (secondary N) is 4. The van der Waals surface area contributed by atoms with Gasteiger partial charge in [0.25, 0.3) is 0 Å². The Morgan fingerprint density at radius 2 is 0.862 bits per heavy atom. The Kier molecular flexibility index (Phi) is 13.4. The summed E-state index contributed by atoms with van der Waals surface area (Å²) in [5, 5.41) is 15.8. The van der Waals surface area contributed by atoms with E-state index in [1.54, 1.807) is 41.5 Å². The summed E-state index contributed by atoms with van der Waals surface area (Å²) in [7, 11) is 0. The minimum Gasteiger partial charge on any atom is -0.444 e. The van der Waals surface area contributed by atoms with Crippen LogP contribution in [-0.2, 0) is 32.2 Å². The largest absolute Gasteiger partial charge is 0.444 e. The molecule has 0 spiro atoms. The molecule has 4 N–H and O–H groups in total. The van der Waals surface area contributed by atoms with E-state index in [0.29, 0.717) is 24.5 Å². The Hall–Kier alpha value is -6.04. The number of fused-ring (bicyclic) bond motifs is 2. The second-order valence-corrected chi connectivity index (χ2v) is 17.3. The molecule has 5 aromatic rings. The first-order valence-electron chi connectivity index (χ1n) is 19.8. The molecule has 5 rings (SSSR count). The summed E-state index contributed by atoms with van der Waals surface area (Å²) in [6.45, 7) is 19.2. The molecule has 2 heterocycles. The number of anilines is 2. The molecule has 58 heavy (non-hydrogen) atoms. The van der Waals surface area contributed by atoms with Crippen LogP contribution in [0.5, 0.6) is 0 Å². The first-order chi connectivity index (χ1) is 27.3. The molecule has 0 saturated heterocycles. The van der Waals surface area contributed by atoms with E-state index in [4.69, 9.17) is 9.47 Å². The maximum Gasteiger partial charge on any atom is 0.408 e. The lowest BCUT2D eigenvalue weighted by atomic mass is 9.91. The number of amides is 4. The third-order valence-corrected chi connectivity index (χ3v) is 9.33. The summed E-state index contributed by atoms with van der Waals surface area (Å²) < 4.78 is 14.9. The van der Waals surface area contributed by atoms with Crippen LogP contribution in [0.2, 0.25) is 0 Å². The van der Waals surface area contributed by atoms with Gasteiger partial charge in [-0.25, -0.2) is 9.59 Å². The van der Waals surface area contributed by atoms with Crippen molar-refractivity contribution in [3.63, 3.8) is 0 Å². The minimum atomic E-state index is -0.795. The SMILES string of the molecule is CC(C)[C@H](NC(=O)OC(C)(C)C)C(=O)Nc1ccc[n+](Cc2c3ccccc3c(C[n+]3cccc(NC(=O)[C@@H](NC(=O)OC(C)(C)C)C(C)C)c3)c3ccccc23)c1. The van der Waals surface area contributed by atoms with Gasteiger partial charge in [0, 0.05) is 23.3 Å². The number of rotatable bonds is 12. The number of hydrogen-bond acceptors (Lipinski definition) is 6. The zero-order valence-corrected chi connectivity index (χ0v) is 35.3. The lowest BCUT2D eigenvalue weighted by molar-refractivity contribution is -0.687. The number of carbonyl (C=O) groups excluding carboxylic acids is 4. The Labute approximate surface area is 341 Å². The summed E-state index contributed by atoms with van der Waals surface area (Å²) in [5.74, 6) is -1.02. The highest BCUT2D eigenvalue weighted by molar-refractivity contribution is 6.05. The van der Waals surface area contributed by atoms with Crippen LogP contribution in [0.1, 0.15) is 80.4 Å². The van der Waals surface area contributed by atoms with E-state index in [1.807, 2.05) is 110 Å². The normalized spacial score (nSPS) is 12.9. The smallest absolute Gasteiger partial charge is 0.408 e. The molecule has 0 radical (unpaired) electrons. The van der Waals surface area contributed by atoms with E-state index in [9.17, 15) is 19.2 Å². The topological polar surface area (TPSA) is 143 Å². The van der Waals surface area contributed by atoms with Gasteiger partial charge in [-0.2, -0.15) is 9.13 Å². The maximum atomic E-state index is 13.4. The van der Waals surface area contributed by atoms with Crippen molar-refractivity contribution >= 4 is 56.9 Å². The van der Waals surface area contributed by atoms with E-state index < -0.39 is 35.5 Å². The van der Waals surface area contributed by atoms with Crippen LogP contribution in [0.25, 0.3) is 21.5 Å². The predicted molar refractivity (Wildman–Crippen MR) is 226 cm³/mol. The fourth-order valence-electron chi connectivity index (χ4n) is 6.78. The van der Waals surface area contributed by atoms with Crippen molar-refractivity contribution in [2.45, 2.75) is 106 Å². The lowest BCUT2D eigenvalue weighted by Crippen LogP contribution is -2.48. The fraction of sp³-hybridized carbons (Fsp3) is 0.391. The standard InChI is InChI=1S/C46H56N6O6/c1-29(2)39(49-43(55)57-45(5,6)7)41(53)47-31-17-15-23-51(25-31)27-37-33-19-11-13-21-35(33)38(36-22-14-12-20-34(36)37)28-52-24-16-18-32(26-52)48-42(54)40(30(3)4)50-44(56)58-46(8,9)10/h11-26,29-30,39-40H,27-28H2,1-10H3,(H2-2,47,48,49,50,53,54,55,56)/p+2/t39-,40-/m0/s1. The number of nitrogens with zero attached hydrogens (tertiary/aromatic N) is 2. The van der Waals surface area contributed by atoms with Gasteiger partial charge in [0.1, 0.15) is 34.7 Å². The molecule has 0 bridgehead atoms.